The smallest absolute Gasteiger partial charge is 0.250 e. The second-order valence-corrected chi connectivity index (χ2v) is 7.06. The number of rotatable bonds is 2. The molecule has 0 saturated heterocycles. The number of tetrazole rings is 1. The molecule has 2 heterocycles. The van der Waals surface area contributed by atoms with E-state index in [4.69, 9.17) is 0 Å². The van der Waals surface area contributed by atoms with Gasteiger partial charge >= 0.3 is 0 Å². The molecule has 0 saturated carbocycles. The van der Waals surface area contributed by atoms with Gasteiger partial charge in [0.1, 0.15) is 0 Å². The van der Waals surface area contributed by atoms with Crippen molar-refractivity contribution in [2.45, 2.75) is 5.16 Å². The van der Waals surface area contributed by atoms with Crippen LogP contribution in [0.15, 0.2) is 27.8 Å². The normalized spacial score (nSPS) is 12.2. The summed E-state index contributed by atoms with van der Waals surface area (Å²) in [5, 5.41) is 11.0. The second kappa shape index (κ2) is 4.35. The highest BCUT2D eigenvalue weighted by Gasteiger charge is 2.23. The van der Waals surface area contributed by atoms with Crippen LogP contribution in [0.4, 0.5) is 0 Å². The van der Waals surface area contributed by atoms with E-state index < -0.39 is 9.84 Å². The average molecular weight is 357 g/mol. The summed E-state index contributed by atoms with van der Waals surface area (Å²) in [5.41, 5.74) is 1.16. The van der Waals surface area contributed by atoms with E-state index in [0.29, 0.717) is 11.0 Å². The van der Waals surface area contributed by atoms with Crippen LogP contribution in [0.3, 0.4) is 0 Å². The topological polar surface area (TPSA) is 95.6 Å². The van der Waals surface area contributed by atoms with Gasteiger partial charge in [-0.25, -0.2) is 22.7 Å². The molecule has 0 radical (unpaired) electrons. The van der Waals surface area contributed by atoms with Gasteiger partial charge in [-0.3, -0.25) is 0 Å². The molecule has 3 aromatic rings. The summed E-state index contributed by atoms with van der Waals surface area (Å²) in [6.07, 6.45) is 1.10. The third-order valence-corrected chi connectivity index (χ3v) is 4.15. The van der Waals surface area contributed by atoms with Crippen LogP contribution in [0.1, 0.15) is 0 Å². The van der Waals surface area contributed by atoms with Crippen molar-refractivity contribution in [1.82, 2.24) is 29.8 Å². The largest absolute Gasteiger partial charge is 0.256 e. The van der Waals surface area contributed by atoms with E-state index in [2.05, 4.69) is 36.4 Å². The zero-order chi connectivity index (χ0) is 14.5. The van der Waals surface area contributed by atoms with Crippen LogP contribution in [0, 0.1) is 0 Å². The van der Waals surface area contributed by atoms with Gasteiger partial charge in [-0.1, -0.05) is 21.0 Å². The van der Waals surface area contributed by atoms with Crippen molar-refractivity contribution in [3.63, 3.8) is 0 Å². The molecule has 8 nitrogen and oxygen atoms in total. The maximum absolute atomic E-state index is 11.9. The lowest BCUT2D eigenvalue weighted by Crippen LogP contribution is -2.12. The molecule has 0 bridgehead atoms. The molecular weight excluding hydrogens is 348 g/mol. The Bertz CT molecular complexity index is 913. The minimum Gasteiger partial charge on any atom is -0.250 e. The fourth-order valence-electron chi connectivity index (χ4n) is 1.88. The predicted molar refractivity (Wildman–Crippen MR) is 74.2 cm³/mol. The lowest BCUT2D eigenvalue weighted by atomic mass is 10.3. The molecule has 0 aliphatic rings. The number of aryl methyl sites for hydroxylation is 1. The highest BCUT2D eigenvalue weighted by molar-refractivity contribution is 9.10. The molecule has 0 aliphatic heterocycles. The van der Waals surface area contributed by atoms with Crippen molar-refractivity contribution in [3.05, 3.63) is 22.7 Å². The summed E-state index contributed by atoms with van der Waals surface area (Å²) >= 11 is 3.36. The molecule has 2 aromatic heterocycles. The molecule has 1 aromatic carbocycles. The van der Waals surface area contributed by atoms with Crippen LogP contribution in [0.2, 0.25) is 0 Å². The van der Waals surface area contributed by atoms with Gasteiger partial charge in [0.25, 0.3) is 5.95 Å². The van der Waals surface area contributed by atoms with Gasteiger partial charge < -0.3 is 0 Å². The third-order valence-electron chi connectivity index (χ3n) is 2.72. The van der Waals surface area contributed by atoms with E-state index in [-0.39, 0.29) is 11.1 Å². The minimum atomic E-state index is -3.52. The first kappa shape index (κ1) is 13.2. The maximum Gasteiger partial charge on any atom is 0.256 e. The summed E-state index contributed by atoms with van der Waals surface area (Å²) in [7, 11) is -1.89. The number of aromatic nitrogens is 6. The van der Waals surface area contributed by atoms with Crippen LogP contribution >= 0.6 is 15.9 Å². The fourth-order valence-corrected chi connectivity index (χ4v) is 3.01. The standard InChI is InChI=1S/C10H9BrN6O2S/c1-16-9(13-14-15-16)17-8-5-6(11)3-4-7(8)12-10(17)20(2,18)19/h3-5H,1-2H3. The number of fused-ring (bicyclic) bond motifs is 1. The second-order valence-electron chi connectivity index (χ2n) is 4.24. The van der Waals surface area contributed by atoms with E-state index in [9.17, 15) is 8.42 Å². The number of hydrogen-bond donors (Lipinski definition) is 0. The molecule has 3 rings (SSSR count). The summed E-state index contributed by atoms with van der Waals surface area (Å²) in [4.78, 5) is 4.17. The van der Waals surface area contributed by atoms with Crippen LogP contribution in [-0.2, 0) is 16.9 Å². The first-order valence-electron chi connectivity index (χ1n) is 5.49. The number of sulfone groups is 1. The first-order chi connectivity index (χ1) is 9.38. The molecule has 0 atom stereocenters. The zero-order valence-electron chi connectivity index (χ0n) is 10.5. The fraction of sp³-hybridized carbons (Fsp3) is 0.200. The van der Waals surface area contributed by atoms with Crippen LogP contribution < -0.4 is 0 Å². The number of hydrogen-bond acceptors (Lipinski definition) is 6. The Morgan fingerprint density at radius 3 is 2.65 bits per heavy atom. The molecular formula is C10H9BrN6O2S. The van der Waals surface area contributed by atoms with Crippen molar-refractivity contribution in [2.75, 3.05) is 6.26 Å². The van der Waals surface area contributed by atoms with Crippen LogP contribution in [0.25, 0.3) is 17.0 Å². The lowest BCUT2D eigenvalue weighted by molar-refractivity contribution is 0.587. The van der Waals surface area contributed by atoms with Gasteiger partial charge in [-0.15, -0.1) is 0 Å². The van der Waals surface area contributed by atoms with Crippen molar-refractivity contribution in [1.29, 1.82) is 0 Å². The molecule has 10 heteroatoms. The Balaban J connectivity index is 2.49. The van der Waals surface area contributed by atoms with Crippen molar-refractivity contribution < 1.29 is 8.42 Å². The highest BCUT2D eigenvalue weighted by Crippen LogP contribution is 2.25. The Morgan fingerprint density at radius 1 is 1.30 bits per heavy atom. The molecule has 0 N–H and O–H groups in total. The molecule has 0 fully saturated rings. The van der Waals surface area contributed by atoms with Gasteiger partial charge in [0.2, 0.25) is 15.0 Å². The van der Waals surface area contributed by atoms with E-state index in [0.717, 1.165) is 10.7 Å². The molecule has 0 amide bonds. The van der Waals surface area contributed by atoms with Gasteiger partial charge in [0, 0.05) is 17.8 Å². The van der Waals surface area contributed by atoms with Crippen LogP contribution in [-0.4, -0.2) is 44.4 Å². The molecule has 0 aliphatic carbocycles. The Kier molecular flexibility index (Phi) is 2.87. The van der Waals surface area contributed by atoms with Crippen molar-refractivity contribution in [3.8, 4) is 5.95 Å². The van der Waals surface area contributed by atoms with Crippen LogP contribution in [0.5, 0.6) is 0 Å². The van der Waals surface area contributed by atoms with Gasteiger partial charge in [0.15, 0.2) is 0 Å². The highest BCUT2D eigenvalue weighted by atomic mass is 79.9. The maximum atomic E-state index is 11.9. The van der Waals surface area contributed by atoms with E-state index in [1.165, 1.54) is 9.25 Å². The monoisotopic (exact) mass is 356 g/mol. The van der Waals surface area contributed by atoms with Gasteiger partial charge in [0.05, 0.1) is 11.0 Å². The van der Waals surface area contributed by atoms with Gasteiger partial charge in [-0.05, 0) is 28.6 Å². The molecule has 0 spiro atoms. The predicted octanol–water partition coefficient (Wildman–Crippen LogP) is 0.715. The molecule has 0 unspecified atom stereocenters. The third kappa shape index (κ3) is 2.00. The molecule has 20 heavy (non-hydrogen) atoms. The lowest BCUT2D eigenvalue weighted by Gasteiger charge is -2.05. The van der Waals surface area contributed by atoms with Crippen molar-refractivity contribution in [2.24, 2.45) is 7.05 Å². The molecule has 104 valence electrons. The minimum absolute atomic E-state index is 0.0940. The van der Waals surface area contributed by atoms with Gasteiger partial charge in [-0.2, -0.15) is 0 Å². The summed E-state index contributed by atoms with van der Waals surface area (Å²) in [6, 6.07) is 5.29. The number of halogens is 1. The summed E-state index contributed by atoms with van der Waals surface area (Å²) in [5.74, 6) is 0.283. The zero-order valence-corrected chi connectivity index (χ0v) is 12.9. The van der Waals surface area contributed by atoms with Crippen molar-refractivity contribution >= 4 is 36.8 Å². The average Bonchev–Trinajstić information content (AvgIpc) is 2.91. The van der Waals surface area contributed by atoms with E-state index in [1.807, 2.05) is 0 Å². The van der Waals surface area contributed by atoms with E-state index in [1.54, 1.807) is 25.2 Å². The summed E-state index contributed by atoms with van der Waals surface area (Å²) < 4.78 is 27.5. The number of nitrogens with zero attached hydrogens (tertiary/aromatic N) is 6. The summed E-state index contributed by atoms with van der Waals surface area (Å²) in [6.45, 7) is 0. The number of imidazole rings is 1. The Morgan fingerprint density at radius 2 is 2.05 bits per heavy atom. The SMILES string of the molecule is Cn1nnnc1-n1c(S(C)(=O)=O)nc2ccc(Br)cc21. The van der Waals surface area contributed by atoms with E-state index >= 15 is 0 Å². The Labute approximate surface area is 122 Å². The Hall–Kier alpha value is -1.81. The first-order valence-corrected chi connectivity index (χ1v) is 8.17. The quantitative estimate of drug-likeness (QED) is 0.671. The number of benzene rings is 1.